The van der Waals surface area contributed by atoms with Crippen molar-refractivity contribution in [2.45, 2.75) is 24.3 Å². The van der Waals surface area contributed by atoms with Crippen LogP contribution in [0, 0.1) is 0 Å². The molecule has 2 aromatic rings. The molecule has 0 radical (unpaired) electrons. The molecule has 3 heteroatoms. The predicted molar refractivity (Wildman–Crippen MR) is 72.2 cm³/mol. The second-order valence-corrected chi connectivity index (χ2v) is 5.14. The third-order valence-electron chi connectivity index (χ3n) is 2.69. The molecule has 0 fully saturated rings. The first-order valence-corrected chi connectivity index (χ1v) is 6.75. The maximum absolute atomic E-state index is 5.88. The topological polar surface area (TPSA) is 39.2 Å². The van der Waals surface area contributed by atoms with Gasteiger partial charge in [-0.15, -0.1) is 11.8 Å². The fourth-order valence-corrected chi connectivity index (χ4v) is 3.00. The van der Waals surface area contributed by atoms with Crippen molar-refractivity contribution < 1.29 is 4.42 Å². The third kappa shape index (κ3) is 3.14. The van der Waals surface area contributed by atoms with Gasteiger partial charge in [-0.05, 0) is 42.7 Å². The lowest BCUT2D eigenvalue weighted by molar-refractivity contribution is 0.567. The second kappa shape index (κ2) is 5.94. The fourth-order valence-electron chi connectivity index (χ4n) is 1.90. The van der Waals surface area contributed by atoms with Crippen molar-refractivity contribution in [1.82, 2.24) is 0 Å². The zero-order valence-electron chi connectivity index (χ0n) is 9.93. The van der Waals surface area contributed by atoms with Gasteiger partial charge in [0.25, 0.3) is 0 Å². The Labute approximate surface area is 106 Å². The highest BCUT2D eigenvalue weighted by Crippen LogP contribution is 2.34. The summed E-state index contributed by atoms with van der Waals surface area (Å²) < 4.78 is 4.58. The minimum atomic E-state index is 0.179. The molecule has 0 aliphatic carbocycles. The Balaban J connectivity index is 0.000000181. The zero-order chi connectivity index (χ0) is 12.1. The fraction of sp³-hybridized carbons (Fsp3) is 0.286. The number of thioether (sulfide) groups is 1. The van der Waals surface area contributed by atoms with Gasteiger partial charge < -0.3 is 10.2 Å². The monoisotopic (exact) mass is 247 g/mol. The summed E-state index contributed by atoms with van der Waals surface area (Å²) in [6.45, 7) is 2.05. The maximum Gasteiger partial charge on any atom is 0.0902 e. The first-order chi connectivity index (χ1) is 8.29. The summed E-state index contributed by atoms with van der Waals surface area (Å²) in [5.74, 6) is 1.22. The number of benzene rings is 1. The normalized spacial score (nSPS) is 14.7. The maximum atomic E-state index is 5.88. The Bertz CT molecular complexity index is 434. The van der Waals surface area contributed by atoms with E-state index >= 15 is 0 Å². The molecule has 90 valence electrons. The Morgan fingerprint density at radius 3 is 2.59 bits per heavy atom. The zero-order valence-corrected chi connectivity index (χ0v) is 10.7. The number of nitrogens with two attached hydrogens (primary N) is 1. The van der Waals surface area contributed by atoms with E-state index in [9.17, 15) is 0 Å². The molecule has 2 nitrogen and oxygen atoms in total. The molecule has 0 bridgehead atoms. The van der Waals surface area contributed by atoms with Crippen molar-refractivity contribution in [2.75, 3.05) is 5.75 Å². The summed E-state index contributed by atoms with van der Waals surface area (Å²) >= 11 is 1.94. The number of hydrogen-bond donors (Lipinski definition) is 1. The van der Waals surface area contributed by atoms with Crippen LogP contribution >= 0.6 is 11.8 Å². The van der Waals surface area contributed by atoms with Gasteiger partial charge in [-0.1, -0.05) is 12.1 Å². The van der Waals surface area contributed by atoms with Gasteiger partial charge in [0.1, 0.15) is 0 Å². The van der Waals surface area contributed by atoms with Gasteiger partial charge in [0.2, 0.25) is 0 Å². The molecule has 1 aromatic carbocycles. The molecule has 1 aromatic heterocycles. The van der Waals surface area contributed by atoms with E-state index in [1.807, 2.05) is 23.9 Å². The quantitative estimate of drug-likeness (QED) is 0.836. The van der Waals surface area contributed by atoms with Crippen molar-refractivity contribution in [3.63, 3.8) is 0 Å². The Morgan fingerprint density at radius 2 is 2.00 bits per heavy atom. The average molecular weight is 247 g/mol. The molecular formula is C14H17NOS. The summed E-state index contributed by atoms with van der Waals surface area (Å²) in [5.41, 5.74) is 8.69. The first kappa shape index (κ1) is 12.3. The number of hydrogen-bond acceptors (Lipinski definition) is 3. The van der Waals surface area contributed by atoms with Gasteiger partial charge in [0.15, 0.2) is 0 Å². The van der Waals surface area contributed by atoms with Crippen LogP contribution in [-0.2, 0) is 6.42 Å². The molecule has 0 unspecified atom stereocenters. The van der Waals surface area contributed by atoms with Crippen molar-refractivity contribution in [3.8, 4) is 0 Å². The van der Waals surface area contributed by atoms with E-state index in [4.69, 9.17) is 5.73 Å². The summed E-state index contributed by atoms with van der Waals surface area (Å²) in [6.07, 6.45) is 4.44. The van der Waals surface area contributed by atoms with Crippen molar-refractivity contribution in [2.24, 2.45) is 5.73 Å². The summed E-state index contributed by atoms with van der Waals surface area (Å²) in [6, 6.07) is 10.3. The molecule has 0 amide bonds. The third-order valence-corrected chi connectivity index (χ3v) is 3.80. The van der Waals surface area contributed by atoms with E-state index in [0.717, 1.165) is 0 Å². The largest absolute Gasteiger partial charge is 0.473 e. The highest BCUT2D eigenvalue weighted by atomic mass is 32.2. The van der Waals surface area contributed by atoms with Gasteiger partial charge in [0, 0.05) is 16.7 Å². The minimum Gasteiger partial charge on any atom is -0.473 e. The number of rotatable bonds is 1. The van der Waals surface area contributed by atoms with Crippen molar-refractivity contribution >= 4 is 11.8 Å². The molecule has 2 N–H and O–H groups in total. The first-order valence-electron chi connectivity index (χ1n) is 5.76. The van der Waals surface area contributed by atoms with E-state index in [0.29, 0.717) is 0 Å². The highest BCUT2D eigenvalue weighted by molar-refractivity contribution is 7.99. The van der Waals surface area contributed by atoms with Crippen LogP contribution in [0.2, 0.25) is 0 Å². The van der Waals surface area contributed by atoms with Crippen LogP contribution in [0.15, 0.2) is 52.2 Å². The lowest BCUT2D eigenvalue weighted by atomic mass is 10.0. The Kier molecular flexibility index (Phi) is 4.29. The molecule has 1 aliphatic heterocycles. The molecule has 17 heavy (non-hydrogen) atoms. The van der Waals surface area contributed by atoms with E-state index in [1.165, 1.54) is 28.2 Å². The lowest BCUT2D eigenvalue weighted by Gasteiger charge is -2.10. The van der Waals surface area contributed by atoms with Crippen molar-refractivity contribution in [3.05, 3.63) is 54.0 Å². The number of fused-ring (bicyclic) bond motifs is 1. The van der Waals surface area contributed by atoms with Gasteiger partial charge >= 0.3 is 0 Å². The highest BCUT2D eigenvalue weighted by Gasteiger charge is 2.16. The SMILES string of the molecule is C[C@@H](N)c1cccc2c1CCS2.c1ccoc1. The van der Waals surface area contributed by atoms with E-state index in [-0.39, 0.29) is 6.04 Å². The standard InChI is InChI=1S/C10H13NS.C4H4O/c1-7(11)8-3-2-4-10-9(8)5-6-12-10;1-2-4-5-3-1/h2-4,7H,5-6,11H2,1H3;1-4H/t7-;/m1./s1. The summed E-state index contributed by atoms with van der Waals surface area (Å²) in [5, 5.41) is 0. The lowest BCUT2D eigenvalue weighted by Crippen LogP contribution is -2.07. The number of furan rings is 1. The molecule has 1 aliphatic rings. The van der Waals surface area contributed by atoms with Gasteiger partial charge in [-0.3, -0.25) is 0 Å². The van der Waals surface area contributed by atoms with E-state index < -0.39 is 0 Å². The molecule has 0 spiro atoms. The van der Waals surface area contributed by atoms with Gasteiger partial charge in [-0.2, -0.15) is 0 Å². The van der Waals surface area contributed by atoms with E-state index in [2.05, 4.69) is 29.5 Å². The van der Waals surface area contributed by atoms with Crippen LogP contribution in [0.5, 0.6) is 0 Å². The van der Waals surface area contributed by atoms with Crippen LogP contribution < -0.4 is 5.73 Å². The summed E-state index contributed by atoms with van der Waals surface area (Å²) in [7, 11) is 0. The molecule has 1 atom stereocenters. The summed E-state index contributed by atoms with van der Waals surface area (Å²) in [4.78, 5) is 1.44. The van der Waals surface area contributed by atoms with Crippen LogP contribution in [0.25, 0.3) is 0 Å². The van der Waals surface area contributed by atoms with Crippen LogP contribution in [0.1, 0.15) is 24.1 Å². The second-order valence-electron chi connectivity index (χ2n) is 4.00. The van der Waals surface area contributed by atoms with E-state index in [1.54, 1.807) is 12.5 Å². The predicted octanol–water partition coefficient (Wildman–Crippen LogP) is 3.63. The van der Waals surface area contributed by atoms with Crippen LogP contribution in [-0.4, -0.2) is 5.75 Å². The molecule has 3 rings (SSSR count). The molecule has 2 heterocycles. The smallest absolute Gasteiger partial charge is 0.0902 e. The van der Waals surface area contributed by atoms with Gasteiger partial charge in [0.05, 0.1) is 12.5 Å². The molecular weight excluding hydrogens is 230 g/mol. The Morgan fingerprint density at radius 1 is 1.24 bits per heavy atom. The van der Waals surface area contributed by atoms with Crippen LogP contribution in [0.3, 0.4) is 0 Å². The average Bonchev–Trinajstić information content (AvgIpc) is 3.02. The van der Waals surface area contributed by atoms with Crippen molar-refractivity contribution in [1.29, 1.82) is 0 Å². The minimum absolute atomic E-state index is 0.179. The molecule has 0 saturated carbocycles. The van der Waals surface area contributed by atoms with Crippen LogP contribution in [0.4, 0.5) is 0 Å². The van der Waals surface area contributed by atoms with Gasteiger partial charge in [-0.25, -0.2) is 0 Å². The Hall–Kier alpha value is -1.19. The molecule has 0 saturated heterocycles.